The van der Waals surface area contributed by atoms with Gasteiger partial charge < -0.3 is 9.80 Å². The van der Waals surface area contributed by atoms with Gasteiger partial charge in [-0.25, -0.2) is 0 Å². The van der Waals surface area contributed by atoms with E-state index in [9.17, 15) is 4.79 Å². The molecule has 2 aromatic rings. The molecule has 4 heteroatoms. The van der Waals surface area contributed by atoms with Crippen molar-refractivity contribution in [1.82, 2.24) is 9.80 Å². The van der Waals surface area contributed by atoms with Crippen LogP contribution in [-0.4, -0.2) is 48.9 Å². The molecule has 0 saturated carbocycles. The smallest absolute Gasteiger partial charge is 0.253 e. The maximum atomic E-state index is 12.8. The lowest BCUT2D eigenvalue weighted by molar-refractivity contribution is 0.0737. The van der Waals surface area contributed by atoms with Gasteiger partial charge in [-0.2, -0.15) is 0 Å². The van der Waals surface area contributed by atoms with Crippen LogP contribution in [0.1, 0.15) is 22.3 Å². The number of hydrogen-bond acceptors (Lipinski definition) is 3. The van der Waals surface area contributed by atoms with Gasteiger partial charge in [-0.05, 0) is 61.6 Å². The average molecular weight is 314 g/mol. The molecule has 1 atom stereocenters. The lowest BCUT2D eigenvalue weighted by atomic mass is 10.1. The summed E-state index contributed by atoms with van der Waals surface area (Å²) in [5, 5.41) is 2.10. The topological polar surface area (TPSA) is 23.6 Å². The number of benzene rings is 1. The van der Waals surface area contributed by atoms with Crippen LogP contribution >= 0.6 is 11.3 Å². The molecule has 2 heterocycles. The van der Waals surface area contributed by atoms with Gasteiger partial charge in [0.05, 0.1) is 0 Å². The highest BCUT2D eigenvalue weighted by Crippen LogP contribution is 2.29. The first-order chi connectivity index (χ1) is 10.6. The van der Waals surface area contributed by atoms with Crippen molar-refractivity contribution in [2.45, 2.75) is 19.4 Å². The van der Waals surface area contributed by atoms with E-state index in [0.717, 1.165) is 30.6 Å². The number of carbonyl (C=O) groups is 1. The molecule has 0 aliphatic carbocycles. The average Bonchev–Trinajstić information content (AvgIpc) is 3.14. The Balaban J connectivity index is 1.83. The van der Waals surface area contributed by atoms with E-state index in [0.29, 0.717) is 6.04 Å². The third kappa shape index (κ3) is 2.94. The van der Waals surface area contributed by atoms with Crippen molar-refractivity contribution in [2.24, 2.45) is 0 Å². The van der Waals surface area contributed by atoms with Gasteiger partial charge in [0.1, 0.15) is 0 Å². The molecule has 0 N–H and O–H groups in total. The van der Waals surface area contributed by atoms with E-state index in [4.69, 9.17) is 0 Å². The number of hydrogen-bond donors (Lipinski definition) is 0. The van der Waals surface area contributed by atoms with E-state index < -0.39 is 0 Å². The third-order valence-electron chi connectivity index (χ3n) is 4.47. The molecule has 0 unspecified atom stereocenters. The Bertz CT molecular complexity index is 679. The number of carbonyl (C=O) groups excluding carboxylic acids is 1. The summed E-state index contributed by atoms with van der Waals surface area (Å²) < 4.78 is 0. The molecular formula is C18H22N2OS. The fraction of sp³-hybridized carbons (Fsp3) is 0.389. The predicted octanol–water partition coefficient (Wildman–Crippen LogP) is 3.50. The van der Waals surface area contributed by atoms with Gasteiger partial charge >= 0.3 is 0 Å². The Kier molecular flexibility index (Phi) is 4.32. The van der Waals surface area contributed by atoms with Crippen LogP contribution in [0.15, 0.2) is 35.7 Å². The van der Waals surface area contributed by atoms with Crippen molar-refractivity contribution < 1.29 is 4.79 Å². The number of nitrogens with zero attached hydrogens (tertiary/aromatic N) is 2. The van der Waals surface area contributed by atoms with Gasteiger partial charge in [0.25, 0.3) is 5.91 Å². The second kappa shape index (κ2) is 6.23. The second-order valence-corrected chi connectivity index (χ2v) is 7.05. The van der Waals surface area contributed by atoms with E-state index in [1.165, 1.54) is 10.4 Å². The maximum Gasteiger partial charge on any atom is 0.253 e. The van der Waals surface area contributed by atoms with Gasteiger partial charge in [0.15, 0.2) is 0 Å². The number of likely N-dealkylation sites (tertiary alicyclic amines) is 1. The minimum absolute atomic E-state index is 0.122. The van der Waals surface area contributed by atoms with Crippen molar-refractivity contribution in [2.75, 3.05) is 27.2 Å². The monoisotopic (exact) mass is 314 g/mol. The lowest BCUT2D eigenvalue weighted by Crippen LogP contribution is -2.38. The zero-order chi connectivity index (χ0) is 15.7. The van der Waals surface area contributed by atoms with Crippen LogP contribution in [0.2, 0.25) is 0 Å². The van der Waals surface area contributed by atoms with E-state index in [1.807, 2.05) is 30.1 Å². The summed E-state index contributed by atoms with van der Waals surface area (Å²) in [5.74, 6) is 0.122. The standard InChI is InChI=1S/C18H22N2OS/c1-13-8-10-22-17(13)14-5-4-6-15(11-14)18(21)20(3)16-7-9-19(2)12-16/h4-6,8,10-11,16H,7,9,12H2,1-3H3/t16-/m0/s1. The molecule has 1 aliphatic heterocycles. The Morgan fingerprint density at radius 1 is 1.36 bits per heavy atom. The lowest BCUT2D eigenvalue weighted by Gasteiger charge is -2.24. The highest BCUT2D eigenvalue weighted by Gasteiger charge is 2.27. The van der Waals surface area contributed by atoms with Gasteiger partial charge in [-0.1, -0.05) is 12.1 Å². The number of aryl methyl sites for hydroxylation is 1. The van der Waals surface area contributed by atoms with Crippen LogP contribution in [0.25, 0.3) is 10.4 Å². The first kappa shape index (κ1) is 15.3. The van der Waals surface area contributed by atoms with Crippen molar-refractivity contribution in [3.05, 3.63) is 46.8 Å². The molecule has 1 aromatic carbocycles. The van der Waals surface area contributed by atoms with Crippen LogP contribution in [0, 0.1) is 6.92 Å². The zero-order valence-corrected chi connectivity index (χ0v) is 14.2. The first-order valence-electron chi connectivity index (χ1n) is 7.66. The molecule has 116 valence electrons. The summed E-state index contributed by atoms with van der Waals surface area (Å²) in [6.07, 6.45) is 1.06. The molecule has 1 aromatic heterocycles. The largest absolute Gasteiger partial charge is 0.337 e. The van der Waals surface area contributed by atoms with Crippen LogP contribution in [0.5, 0.6) is 0 Å². The minimum atomic E-state index is 0.122. The highest BCUT2D eigenvalue weighted by atomic mass is 32.1. The fourth-order valence-corrected chi connectivity index (χ4v) is 3.98. The highest BCUT2D eigenvalue weighted by molar-refractivity contribution is 7.13. The van der Waals surface area contributed by atoms with Crippen molar-refractivity contribution in [3.8, 4) is 10.4 Å². The van der Waals surface area contributed by atoms with Crippen LogP contribution in [0.4, 0.5) is 0 Å². The third-order valence-corrected chi connectivity index (χ3v) is 5.53. The Labute approximate surface area is 136 Å². The van der Waals surface area contributed by atoms with Crippen LogP contribution in [0.3, 0.4) is 0 Å². The minimum Gasteiger partial charge on any atom is -0.337 e. The molecule has 1 aliphatic rings. The molecular weight excluding hydrogens is 292 g/mol. The second-order valence-electron chi connectivity index (χ2n) is 6.13. The number of rotatable bonds is 3. The molecule has 0 spiro atoms. The van der Waals surface area contributed by atoms with Gasteiger partial charge in [0.2, 0.25) is 0 Å². The molecule has 3 nitrogen and oxygen atoms in total. The fourth-order valence-electron chi connectivity index (χ4n) is 3.06. The maximum absolute atomic E-state index is 12.8. The zero-order valence-electron chi connectivity index (χ0n) is 13.4. The summed E-state index contributed by atoms with van der Waals surface area (Å²) in [5.41, 5.74) is 3.18. The summed E-state index contributed by atoms with van der Waals surface area (Å²) in [6, 6.07) is 10.5. The normalized spacial score (nSPS) is 18.6. The Morgan fingerprint density at radius 3 is 2.82 bits per heavy atom. The van der Waals surface area contributed by atoms with E-state index in [1.54, 1.807) is 11.3 Å². The summed E-state index contributed by atoms with van der Waals surface area (Å²) >= 11 is 1.73. The van der Waals surface area contributed by atoms with Crippen LogP contribution in [-0.2, 0) is 0 Å². The van der Waals surface area contributed by atoms with Crippen molar-refractivity contribution in [3.63, 3.8) is 0 Å². The van der Waals surface area contributed by atoms with E-state index in [2.05, 4.69) is 36.4 Å². The molecule has 1 saturated heterocycles. The molecule has 22 heavy (non-hydrogen) atoms. The van der Waals surface area contributed by atoms with E-state index >= 15 is 0 Å². The van der Waals surface area contributed by atoms with Crippen molar-refractivity contribution >= 4 is 17.2 Å². The number of amides is 1. The number of likely N-dealkylation sites (N-methyl/N-ethyl adjacent to an activating group) is 2. The molecule has 0 bridgehead atoms. The summed E-state index contributed by atoms with van der Waals surface area (Å²) in [4.78, 5) is 18.2. The predicted molar refractivity (Wildman–Crippen MR) is 92.5 cm³/mol. The Hall–Kier alpha value is -1.65. The summed E-state index contributed by atoms with van der Waals surface area (Å²) in [7, 11) is 4.04. The van der Waals surface area contributed by atoms with Gasteiger partial charge in [-0.3, -0.25) is 4.79 Å². The van der Waals surface area contributed by atoms with E-state index in [-0.39, 0.29) is 5.91 Å². The quantitative estimate of drug-likeness (QED) is 0.866. The van der Waals surface area contributed by atoms with Crippen LogP contribution < -0.4 is 0 Å². The van der Waals surface area contributed by atoms with Crippen molar-refractivity contribution in [1.29, 1.82) is 0 Å². The molecule has 1 fully saturated rings. The number of thiophene rings is 1. The first-order valence-corrected chi connectivity index (χ1v) is 8.54. The van der Waals surface area contributed by atoms with Gasteiger partial charge in [0, 0.05) is 30.1 Å². The SMILES string of the molecule is Cc1ccsc1-c1cccc(C(=O)N(C)[C@H]2CCN(C)C2)c1. The Morgan fingerprint density at radius 2 is 2.18 bits per heavy atom. The summed E-state index contributed by atoms with van der Waals surface area (Å²) in [6.45, 7) is 4.14. The molecule has 0 radical (unpaired) electrons. The molecule has 3 rings (SSSR count). The molecule has 1 amide bonds. The van der Waals surface area contributed by atoms with Gasteiger partial charge in [-0.15, -0.1) is 11.3 Å².